The Balaban J connectivity index is 2.49. The second-order valence-corrected chi connectivity index (χ2v) is 3.14. The monoisotopic (exact) mass is 178 g/mol. The van der Waals surface area contributed by atoms with Gasteiger partial charge in [-0.3, -0.25) is 4.79 Å². The number of hydrogen-bond donors (Lipinski definition) is 0. The Morgan fingerprint density at radius 3 is 3.00 bits per heavy atom. The van der Waals surface area contributed by atoms with Crippen molar-refractivity contribution in [3.05, 3.63) is 41.0 Å². The van der Waals surface area contributed by atoms with E-state index in [9.17, 15) is 4.79 Å². The van der Waals surface area contributed by atoms with Gasteiger partial charge in [0.2, 0.25) is 0 Å². The first kappa shape index (κ1) is 7.56. The number of hydrogen-bond acceptors (Lipinski definition) is 1. The van der Waals surface area contributed by atoms with Gasteiger partial charge in [-0.2, -0.15) is 0 Å². The van der Waals surface area contributed by atoms with Crippen LogP contribution in [0.25, 0.3) is 6.08 Å². The molecule has 1 aliphatic rings. The van der Waals surface area contributed by atoms with Crippen molar-refractivity contribution in [2.45, 2.75) is 6.42 Å². The van der Waals surface area contributed by atoms with Gasteiger partial charge in [-0.25, -0.2) is 0 Å². The molecule has 1 aromatic rings. The van der Waals surface area contributed by atoms with E-state index in [-0.39, 0.29) is 5.24 Å². The zero-order chi connectivity index (χ0) is 8.55. The SMILES string of the molecule is O=C(Cl)c1ccc2c(c1)CC=C2. The molecule has 60 valence electrons. The Morgan fingerprint density at radius 1 is 1.42 bits per heavy atom. The molecular formula is C10H7ClO. The number of allylic oxidation sites excluding steroid dienone is 1. The molecule has 0 fully saturated rings. The fraction of sp³-hybridized carbons (Fsp3) is 0.100. The highest BCUT2D eigenvalue weighted by Crippen LogP contribution is 2.21. The van der Waals surface area contributed by atoms with Crippen LogP contribution in [0.1, 0.15) is 21.5 Å². The third kappa shape index (κ3) is 1.16. The van der Waals surface area contributed by atoms with Gasteiger partial charge in [0.15, 0.2) is 0 Å². The van der Waals surface area contributed by atoms with Crippen LogP contribution in [0.5, 0.6) is 0 Å². The number of benzene rings is 1. The van der Waals surface area contributed by atoms with Crippen molar-refractivity contribution in [1.29, 1.82) is 0 Å². The molecule has 0 aliphatic heterocycles. The largest absolute Gasteiger partial charge is 0.276 e. The minimum atomic E-state index is -0.385. The lowest BCUT2D eigenvalue weighted by Gasteiger charge is -1.99. The van der Waals surface area contributed by atoms with Gasteiger partial charge in [-0.15, -0.1) is 0 Å². The van der Waals surface area contributed by atoms with Gasteiger partial charge in [0.1, 0.15) is 0 Å². The quantitative estimate of drug-likeness (QED) is 0.605. The molecule has 0 unspecified atom stereocenters. The molecule has 1 aromatic carbocycles. The van der Waals surface area contributed by atoms with Gasteiger partial charge in [-0.1, -0.05) is 18.2 Å². The van der Waals surface area contributed by atoms with Crippen molar-refractivity contribution in [2.75, 3.05) is 0 Å². The van der Waals surface area contributed by atoms with Crippen LogP contribution in [0.15, 0.2) is 24.3 Å². The fourth-order valence-corrected chi connectivity index (χ4v) is 1.50. The number of carbonyl (C=O) groups is 1. The summed E-state index contributed by atoms with van der Waals surface area (Å²) in [7, 11) is 0. The maximum Gasteiger partial charge on any atom is 0.252 e. The topological polar surface area (TPSA) is 17.1 Å². The molecule has 2 heteroatoms. The van der Waals surface area contributed by atoms with Crippen LogP contribution in [-0.2, 0) is 6.42 Å². The lowest BCUT2D eigenvalue weighted by Crippen LogP contribution is -1.91. The number of rotatable bonds is 1. The van der Waals surface area contributed by atoms with E-state index in [1.54, 1.807) is 6.07 Å². The Bertz CT molecular complexity index is 366. The smallest absolute Gasteiger partial charge is 0.252 e. The molecule has 1 nitrogen and oxygen atoms in total. The van der Waals surface area contributed by atoms with Gasteiger partial charge in [0.25, 0.3) is 5.24 Å². The van der Waals surface area contributed by atoms with Crippen molar-refractivity contribution in [3.63, 3.8) is 0 Å². The van der Waals surface area contributed by atoms with Crippen LogP contribution < -0.4 is 0 Å². The molecule has 0 atom stereocenters. The summed E-state index contributed by atoms with van der Waals surface area (Å²) in [4.78, 5) is 10.8. The molecule has 0 heterocycles. The van der Waals surface area contributed by atoms with E-state index in [2.05, 4.69) is 12.2 Å². The number of carbonyl (C=O) groups excluding carboxylic acids is 1. The summed E-state index contributed by atoms with van der Waals surface area (Å²) in [5, 5.41) is -0.385. The molecule has 0 saturated carbocycles. The highest BCUT2D eigenvalue weighted by molar-refractivity contribution is 6.67. The number of halogens is 1. The lowest BCUT2D eigenvalue weighted by atomic mass is 10.1. The summed E-state index contributed by atoms with van der Waals surface area (Å²) in [6, 6.07) is 5.53. The number of fused-ring (bicyclic) bond motifs is 1. The first-order valence-electron chi connectivity index (χ1n) is 3.76. The van der Waals surface area contributed by atoms with Gasteiger partial charge >= 0.3 is 0 Å². The van der Waals surface area contributed by atoms with Gasteiger partial charge < -0.3 is 0 Å². The minimum Gasteiger partial charge on any atom is -0.276 e. The van der Waals surface area contributed by atoms with Crippen LogP contribution in [0, 0.1) is 0 Å². The predicted molar refractivity (Wildman–Crippen MR) is 49.4 cm³/mol. The summed E-state index contributed by atoms with van der Waals surface area (Å²) in [6.07, 6.45) is 5.04. The molecule has 0 N–H and O–H groups in total. The molecule has 12 heavy (non-hydrogen) atoms. The highest BCUT2D eigenvalue weighted by Gasteiger charge is 2.08. The average Bonchev–Trinajstić information content (AvgIpc) is 2.49. The van der Waals surface area contributed by atoms with E-state index in [0.717, 1.165) is 6.42 Å². The van der Waals surface area contributed by atoms with Crippen molar-refractivity contribution < 1.29 is 4.79 Å². The molecule has 0 spiro atoms. The molecule has 0 amide bonds. The Hall–Kier alpha value is -1.08. The third-order valence-electron chi connectivity index (χ3n) is 2.01. The van der Waals surface area contributed by atoms with E-state index in [0.29, 0.717) is 5.56 Å². The van der Waals surface area contributed by atoms with Crippen molar-refractivity contribution >= 4 is 22.9 Å². The zero-order valence-corrected chi connectivity index (χ0v) is 7.14. The van der Waals surface area contributed by atoms with Crippen LogP contribution in [0.4, 0.5) is 0 Å². The summed E-state index contributed by atoms with van der Waals surface area (Å²) in [5.74, 6) is 0. The summed E-state index contributed by atoms with van der Waals surface area (Å²) in [6.45, 7) is 0. The van der Waals surface area contributed by atoms with E-state index in [1.807, 2.05) is 12.1 Å². The van der Waals surface area contributed by atoms with Gasteiger partial charge in [0, 0.05) is 5.56 Å². The maximum absolute atomic E-state index is 10.8. The van der Waals surface area contributed by atoms with E-state index >= 15 is 0 Å². The summed E-state index contributed by atoms with van der Waals surface area (Å²) in [5.41, 5.74) is 2.96. The van der Waals surface area contributed by atoms with Crippen LogP contribution in [-0.4, -0.2) is 5.24 Å². The molecule has 0 saturated heterocycles. The Morgan fingerprint density at radius 2 is 2.25 bits per heavy atom. The first-order valence-corrected chi connectivity index (χ1v) is 4.14. The standard InChI is InChI=1S/C10H7ClO/c11-10(12)9-5-4-7-2-1-3-8(7)6-9/h1-2,4-6H,3H2. The summed E-state index contributed by atoms with van der Waals surface area (Å²) < 4.78 is 0. The first-order chi connectivity index (χ1) is 5.77. The van der Waals surface area contributed by atoms with Crippen LogP contribution >= 0.6 is 11.6 Å². The molecular weight excluding hydrogens is 172 g/mol. The minimum absolute atomic E-state index is 0.385. The average molecular weight is 179 g/mol. The van der Waals surface area contributed by atoms with Crippen molar-refractivity contribution in [3.8, 4) is 0 Å². The highest BCUT2D eigenvalue weighted by atomic mass is 35.5. The Kier molecular flexibility index (Phi) is 1.74. The van der Waals surface area contributed by atoms with Crippen molar-refractivity contribution in [2.24, 2.45) is 0 Å². The third-order valence-corrected chi connectivity index (χ3v) is 2.22. The molecule has 0 aromatic heterocycles. The molecule has 1 aliphatic carbocycles. The fourth-order valence-electron chi connectivity index (χ4n) is 1.38. The Labute approximate surface area is 75.7 Å². The van der Waals surface area contributed by atoms with E-state index in [4.69, 9.17) is 11.6 Å². The maximum atomic E-state index is 10.8. The summed E-state index contributed by atoms with van der Waals surface area (Å²) >= 11 is 5.35. The van der Waals surface area contributed by atoms with Gasteiger partial charge in [-0.05, 0) is 41.3 Å². The van der Waals surface area contributed by atoms with E-state index < -0.39 is 0 Å². The van der Waals surface area contributed by atoms with E-state index in [1.165, 1.54) is 11.1 Å². The lowest BCUT2D eigenvalue weighted by molar-refractivity contribution is 0.108. The predicted octanol–water partition coefficient (Wildman–Crippen LogP) is 2.63. The second kappa shape index (κ2) is 2.76. The second-order valence-electron chi connectivity index (χ2n) is 2.79. The molecule has 0 radical (unpaired) electrons. The molecule has 2 rings (SSSR count). The molecule has 0 bridgehead atoms. The van der Waals surface area contributed by atoms with Crippen LogP contribution in [0.2, 0.25) is 0 Å². The van der Waals surface area contributed by atoms with Crippen LogP contribution in [0.3, 0.4) is 0 Å². The van der Waals surface area contributed by atoms with Crippen molar-refractivity contribution in [1.82, 2.24) is 0 Å². The zero-order valence-electron chi connectivity index (χ0n) is 6.38. The normalized spacial score (nSPS) is 13.1. The van der Waals surface area contributed by atoms with Gasteiger partial charge in [0.05, 0.1) is 0 Å².